The first-order chi connectivity index (χ1) is 9.65. The molecule has 6 heteroatoms. The topological polar surface area (TPSA) is 95.1 Å². The zero-order chi connectivity index (χ0) is 14.4. The van der Waals surface area contributed by atoms with Gasteiger partial charge < -0.3 is 10.4 Å². The molecule has 1 aromatic carbocycles. The number of benzene rings is 1. The number of nitrogens with one attached hydrogen (secondary N) is 2. The van der Waals surface area contributed by atoms with Crippen LogP contribution in [0.15, 0.2) is 42.6 Å². The first-order valence-electron chi connectivity index (χ1n) is 5.92. The minimum Gasteiger partial charge on any atom is -0.478 e. The number of nitrogens with zero attached hydrogens (tertiary/aromatic N) is 1. The van der Waals surface area contributed by atoms with Crippen molar-refractivity contribution in [1.82, 2.24) is 15.5 Å². The van der Waals surface area contributed by atoms with Gasteiger partial charge in [0.1, 0.15) is 5.69 Å². The number of aromatic nitrogens is 2. The standard InChI is InChI=1S/C14H13N3O3/c18-13(19)5-4-10-2-1-3-11(8-10)9-15-14(20)12-6-7-16-17-12/h1-8H,9H2,(H,15,20)(H,16,17)(H,18,19). The predicted molar refractivity (Wildman–Crippen MR) is 72.9 cm³/mol. The summed E-state index contributed by atoms with van der Waals surface area (Å²) in [6.45, 7) is 0.354. The summed E-state index contributed by atoms with van der Waals surface area (Å²) in [5, 5.41) is 17.6. The van der Waals surface area contributed by atoms with Crippen LogP contribution >= 0.6 is 0 Å². The number of rotatable bonds is 5. The van der Waals surface area contributed by atoms with Crippen molar-refractivity contribution in [2.75, 3.05) is 0 Å². The van der Waals surface area contributed by atoms with Gasteiger partial charge in [0.2, 0.25) is 0 Å². The number of H-pyrrole nitrogens is 1. The summed E-state index contributed by atoms with van der Waals surface area (Å²) in [5.74, 6) is -1.24. The number of hydrogen-bond acceptors (Lipinski definition) is 3. The third-order valence-corrected chi connectivity index (χ3v) is 2.57. The molecule has 0 atom stereocenters. The van der Waals surface area contributed by atoms with E-state index in [4.69, 9.17) is 5.11 Å². The van der Waals surface area contributed by atoms with E-state index in [1.165, 1.54) is 12.3 Å². The second kappa shape index (κ2) is 6.33. The molecule has 0 aliphatic rings. The van der Waals surface area contributed by atoms with Gasteiger partial charge in [0.05, 0.1) is 0 Å². The van der Waals surface area contributed by atoms with E-state index in [0.29, 0.717) is 12.2 Å². The number of carbonyl (C=O) groups excluding carboxylic acids is 1. The maximum atomic E-state index is 11.7. The fraction of sp³-hybridized carbons (Fsp3) is 0.0714. The maximum Gasteiger partial charge on any atom is 0.328 e. The minimum atomic E-state index is -0.997. The van der Waals surface area contributed by atoms with Crippen LogP contribution < -0.4 is 5.32 Å². The number of carboxylic acid groups (broad SMARTS) is 1. The number of carbonyl (C=O) groups is 2. The van der Waals surface area contributed by atoms with Crippen LogP contribution in [0.4, 0.5) is 0 Å². The molecule has 0 saturated heterocycles. The first kappa shape index (κ1) is 13.5. The van der Waals surface area contributed by atoms with Crippen LogP contribution in [-0.4, -0.2) is 27.2 Å². The highest BCUT2D eigenvalue weighted by atomic mass is 16.4. The monoisotopic (exact) mass is 271 g/mol. The van der Waals surface area contributed by atoms with E-state index in [2.05, 4.69) is 15.5 Å². The molecular weight excluding hydrogens is 258 g/mol. The minimum absolute atomic E-state index is 0.242. The van der Waals surface area contributed by atoms with Gasteiger partial charge >= 0.3 is 5.97 Å². The van der Waals surface area contributed by atoms with E-state index < -0.39 is 5.97 Å². The summed E-state index contributed by atoms with van der Waals surface area (Å²) in [5.41, 5.74) is 2.04. The molecule has 6 nitrogen and oxygen atoms in total. The number of hydrogen-bond donors (Lipinski definition) is 3. The van der Waals surface area contributed by atoms with E-state index in [1.54, 1.807) is 18.2 Å². The summed E-state index contributed by atoms with van der Waals surface area (Å²) >= 11 is 0. The van der Waals surface area contributed by atoms with Crippen molar-refractivity contribution in [2.24, 2.45) is 0 Å². The van der Waals surface area contributed by atoms with Gasteiger partial charge in [0.25, 0.3) is 5.91 Å². The van der Waals surface area contributed by atoms with Crippen molar-refractivity contribution in [3.8, 4) is 0 Å². The third kappa shape index (κ3) is 3.81. The van der Waals surface area contributed by atoms with Gasteiger partial charge in [-0.05, 0) is 29.3 Å². The Labute approximate surface area is 115 Å². The van der Waals surface area contributed by atoms with Gasteiger partial charge in [-0.1, -0.05) is 18.2 Å². The van der Waals surface area contributed by atoms with Gasteiger partial charge in [0, 0.05) is 18.8 Å². The number of amides is 1. The zero-order valence-electron chi connectivity index (χ0n) is 10.5. The van der Waals surface area contributed by atoms with Crippen LogP contribution in [0.25, 0.3) is 6.08 Å². The molecule has 1 amide bonds. The van der Waals surface area contributed by atoms with Crippen LogP contribution in [0.3, 0.4) is 0 Å². The second-order valence-corrected chi connectivity index (χ2v) is 4.07. The average molecular weight is 271 g/mol. The van der Waals surface area contributed by atoms with Crippen molar-refractivity contribution in [1.29, 1.82) is 0 Å². The van der Waals surface area contributed by atoms with Crippen molar-refractivity contribution in [3.63, 3.8) is 0 Å². The fourth-order valence-electron chi connectivity index (χ4n) is 1.63. The summed E-state index contributed by atoms with van der Waals surface area (Å²) in [4.78, 5) is 22.2. The Bertz CT molecular complexity index is 633. The SMILES string of the molecule is O=C(O)C=Cc1cccc(CNC(=O)c2ccn[nH]2)c1. The zero-order valence-corrected chi connectivity index (χ0v) is 10.5. The van der Waals surface area contributed by atoms with E-state index in [9.17, 15) is 9.59 Å². The Morgan fingerprint density at radius 2 is 2.20 bits per heavy atom. The van der Waals surface area contributed by atoms with Crippen LogP contribution in [0, 0.1) is 0 Å². The number of aliphatic carboxylic acids is 1. The number of aromatic amines is 1. The van der Waals surface area contributed by atoms with E-state index in [0.717, 1.165) is 17.2 Å². The largest absolute Gasteiger partial charge is 0.478 e. The Hall–Kier alpha value is -2.89. The molecule has 0 saturated carbocycles. The molecule has 0 unspecified atom stereocenters. The highest BCUT2D eigenvalue weighted by Gasteiger charge is 2.05. The lowest BCUT2D eigenvalue weighted by Crippen LogP contribution is -2.23. The summed E-state index contributed by atoms with van der Waals surface area (Å²) in [6.07, 6.45) is 4.08. The molecule has 3 N–H and O–H groups in total. The lowest BCUT2D eigenvalue weighted by Gasteiger charge is -2.04. The van der Waals surface area contributed by atoms with Crippen molar-refractivity contribution in [3.05, 3.63) is 59.4 Å². The molecule has 2 aromatic rings. The van der Waals surface area contributed by atoms with Gasteiger partial charge in [-0.3, -0.25) is 9.89 Å². The van der Waals surface area contributed by atoms with E-state index in [1.807, 2.05) is 12.1 Å². The van der Waals surface area contributed by atoms with Crippen LogP contribution in [-0.2, 0) is 11.3 Å². The smallest absolute Gasteiger partial charge is 0.328 e. The molecule has 0 bridgehead atoms. The average Bonchev–Trinajstić information content (AvgIpc) is 2.97. The fourth-order valence-corrected chi connectivity index (χ4v) is 1.63. The quantitative estimate of drug-likeness (QED) is 0.717. The molecule has 0 aliphatic carbocycles. The van der Waals surface area contributed by atoms with Crippen LogP contribution in [0.2, 0.25) is 0 Å². The van der Waals surface area contributed by atoms with Crippen LogP contribution in [0.1, 0.15) is 21.6 Å². The highest BCUT2D eigenvalue weighted by molar-refractivity contribution is 5.92. The summed E-state index contributed by atoms with van der Waals surface area (Å²) in [6, 6.07) is 8.85. The third-order valence-electron chi connectivity index (χ3n) is 2.57. The van der Waals surface area contributed by atoms with E-state index >= 15 is 0 Å². The second-order valence-electron chi connectivity index (χ2n) is 4.07. The summed E-state index contributed by atoms with van der Waals surface area (Å²) in [7, 11) is 0. The van der Waals surface area contributed by atoms with Gasteiger partial charge in [-0.25, -0.2) is 4.79 Å². The first-order valence-corrected chi connectivity index (χ1v) is 5.92. The molecule has 0 fully saturated rings. The molecule has 102 valence electrons. The molecule has 0 spiro atoms. The van der Waals surface area contributed by atoms with Crippen molar-refractivity contribution < 1.29 is 14.7 Å². The molecule has 20 heavy (non-hydrogen) atoms. The molecule has 0 aliphatic heterocycles. The highest BCUT2D eigenvalue weighted by Crippen LogP contribution is 2.07. The van der Waals surface area contributed by atoms with Gasteiger partial charge in [0.15, 0.2) is 0 Å². The summed E-state index contributed by atoms with van der Waals surface area (Å²) < 4.78 is 0. The predicted octanol–water partition coefficient (Wildman–Crippen LogP) is 1.44. The van der Waals surface area contributed by atoms with Gasteiger partial charge in [-0.15, -0.1) is 0 Å². The Kier molecular flexibility index (Phi) is 4.28. The number of carboxylic acids is 1. The van der Waals surface area contributed by atoms with Crippen molar-refractivity contribution in [2.45, 2.75) is 6.54 Å². The Morgan fingerprint density at radius 3 is 2.90 bits per heavy atom. The molecular formula is C14H13N3O3. The lowest BCUT2D eigenvalue weighted by atomic mass is 10.1. The van der Waals surface area contributed by atoms with E-state index in [-0.39, 0.29) is 5.91 Å². The van der Waals surface area contributed by atoms with Gasteiger partial charge in [-0.2, -0.15) is 5.10 Å². The maximum absolute atomic E-state index is 11.7. The molecule has 1 heterocycles. The Balaban J connectivity index is 1.98. The van der Waals surface area contributed by atoms with Crippen LogP contribution in [0.5, 0.6) is 0 Å². The Morgan fingerprint density at radius 1 is 1.35 bits per heavy atom. The molecule has 0 radical (unpaired) electrons. The normalized spacial score (nSPS) is 10.6. The molecule has 1 aromatic heterocycles. The van der Waals surface area contributed by atoms with Crippen molar-refractivity contribution >= 4 is 18.0 Å². The molecule has 2 rings (SSSR count). The lowest BCUT2D eigenvalue weighted by molar-refractivity contribution is -0.131.